The number of rotatable bonds is 5. The molecule has 22 heavy (non-hydrogen) atoms. The van der Waals surface area contributed by atoms with E-state index in [1.165, 1.54) is 13.2 Å². The number of carbonyl (C=O) groups excluding carboxylic acids is 1. The van der Waals surface area contributed by atoms with E-state index in [0.717, 1.165) is 11.3 Å². The van der Waals surface area contributed by atoms with Crippen molar-refractivity contribution in [2.24, 2.45) is 16.6 Å². The first-order valence-corrected chi connectivity index (χ1v) is 7.13. The van der Waals surface area contributed by atoms with Crippen LogP contribution in [0, 0.1) is 18.7 Å². The molecule has 1 aromatic rings. The Morgan fingerprint density at radius 3 is 2.55 bits per heavy atom. The zero-order valence-corrected chi connectivity index (χ0v) is 13.7. The van der Waals surface area contributed by atoms with Crippen molar-refractivity contribution < 1.29 is 13.9 Å². The summed E-state index contributed by atoms with van der Waals surface area (Å²) in [4.78, 5) is 15.9. The van der Waals surface area contributed by atoms with E-state index in [0.29, 0.717) is 17.0 Å². The van der Waals surface area contributed by atoms with E-state index in [-0.39, 0.29) is 24.1 Å². The van der Waals surface area contributed by atoms with Gasteiger partial charge >= 0.3 is 5.97 Å². The molecular weight excluding hydrogens is 283 g/mol. The highest BCUT2D eigenvalue weighted by Crippen LogP contribution is 2.20. The zero-order valence-electron chi connectivity index (χ0n) is 13.7. The van der Waals surface area contributed by atoms with E-state index in [4.69, 9.17) is 5.73 Å². The smallest absolute Gasteiger partial charge is 0.309 e. The maximum absolute atomic E-state index is 13.3. The lowest BCUT2D eigenvalue weighted by Gasteiger charge is -2.13. The number of allylic oxidation sites excluding steroid dienone is 1. The second-order valence-corrected chi connectivity index (χ2v) is 5.53. The first kappa shape index (κ1) is 17.9. The molecule has 0 unspecified atom stereocenters. The minimum atomic E-state index is -0.318. The lowest BCUT2D eigenvalue weighted by Crippen LogP contribution is -2.15. The largest absolute Gasteiger partial charge is 0.469 e. The Morgan fingerprint density at radius 1 is 1.41 bits per heavy atom. The van der Waals surface area contributed by atoms with Crippen LogP contribution in [0.25, 0.3) is 0 Å². The average Bonchev–Trinajstić information content (AvgIpc) is 2.46. The molecule has 4 nitrogen and oxygen atoms in total. The highest BCUT2D eigenvalue weighted by Gasteiger charge is 2.12. The summed E-state index contributed by atoms with van der Waals surface area (Å²) in [6, 6.07) is 4.61. The molecule has 0 radical (unpaired) electrons. The summed E-state index contributed by atoms with van der Waals surface area (Å²) >= 11 is 0. The van der Waals surface area contributed by atoms with Crippen LogP contribution < -0.4 is 5.73 Å². The number of carbonyl (C=O) groups is 1. The van der Waals surface area contributed by atoms with Crippen LogP contribution in [0.15, 0.2) is 34.5 Å². The van der Waals surface area contributed by atoms with Crippen LogP contribution in [0.2, 0.25) is 0 Å². The molecule has 0 bridgehead atoms. The van der Waals surface area contributed by atoms with Gasteiger partial charge in [-0.15, -0.1) is 0 Å². The minimum Gasteiger partial charge on any atom is -0.469 e. The van der Waals surface area contributed by atoms with Gasteiger partial charge in [0.05, 0.1) is 13.5 Å². The molecule has 0 saturated carbocycles. The fourth-order valence-electron chi connectivity index (χ4n) is 2.09. The number of hydrogen-bond donors (Lipinski definition) is 1. The molecule has 2 N–H and O–H groups in total. The van der Waals surface area contributed by atoms with Crippen molar-refractivity contribution in [2.45, 2.75) is 34.1 Å². The number of halogens is 1. The third-order valence-electron chi connectivity index (χ3n) is 3.32. The molecule has 0 fully saturated rings. The molecular formula is C17H23FN2O2. The Morgan fingerprint density at radius 2 is 2.05 bits per heavy atom. The van der Waals surface area contributed by atoms with E-state index in [9.17, 15) is 9.18 Å². The third kappa shape index (κ3) is 4.69. The van der Waals surface area contributed by atoms with E-state index in [1.807, 2.05) is 20.8 Å². The van der Waals surface area contributed by atoms with Crippen molar-refractivity contribution in [3.63, 3.8) is 0 Å². The van der Waals surface area contributed by atoms with E-state index >= 15 is 0 Å². The van der Waals surface area contributed by atoms with Gasteiger partial charge in [-0.2, -0.15) is 0 Å². The number of benzene rings is 1. The Kier molecular flexibility index (Phi) is 6.28. The number of nitrogens with zero attached hydrogens (tertiary/aromatic N) is 1. The number of hydrogen-bond acceptors (Lipinski definition) is 3. The third-order valence-corrected chi connectivity index (χ3v) is 3.32. The van der Waals surface area contributed by atoms with Crippen LogP contribution in [0.4, 0.5) is 4.39 Å². The summed E-state index contributed by atoms with van der Waals surface area (Å²) < 4.78 is 18.0. The highest BCUT2D eigenvalue weighted by atomic mass is 19.1. The Hall–Kier alpha value is -2.17. The normalized spacial score (nSPS) is 13.1. The first-order chi connectivity index (χ1) is 10.3. The van der Waals surface area contributed by atoms with Crippen molar-refractivity contribution in [1.82, 2.24) is 0 Å². The molecule has 0 aliphatic heterocycles. The number of esters is 1. The van der Waals surface area contributed by atoms with Gasteiger partial charge in [-0.05, 0) is 49.1 Å². The van der Waals surface area contributed by atoms with Crippen LogP contribution in [0.1, 0.15) is 38.3 Å². The number of nitrogens with two attached hydrogens (primary N) is 1. The Labute approximate surface area is 130 Å². The van der Waals surface area contributed by atoms with Gasteiger partial charge in [-0.25, -0.2) is 9.38 Å². The maximum atomic E-state index is 13.3. The second kappa shape index (κ2) is 7.73. The van der Waals surface area contributed by atoms with Crippen molar-refractivity contribution in [3.8, 4) is 0 Å². The summed E-state index contributed by atoms with van der Waals surface area (Å²) in [7, 11) is 1.35. The van der Waals surface area contributed by atoms with E-state index in [2.05, 4.69) is 9.73 Å². The summed E-state index contributed by atoms with van der Waals surface area (Å²) in [5.74, 6) is -0.194. The highest BCUT2D eigenvalue weighted by molar-refractivity contribution is 5.98. The van der Waals surface area contributed by atoms with Gasteiger partial charge in [0.1, 0.15) is 11.7 Å². The molecule has 1 aromatic carbocycles. The van der Waals surface area contributed by atoms with Crippen molar-refractivity contribution in [2.75, 3.05) is 7.11 Å². The van der Waals surface area contributed by atoms with Crippen LogP contribution >= 0.6 is 0 Å². The van der Waals surface area contributed by atoms with Crippen molar-refractivity contribution in [3.05, 3.63) is 46.4 Å². The molecule has 0 aliphatic rings. The van der Waals surface area contributed by atoms with Gasteiger partial charge in [0, 0.05) is 11.3 Å². The predicted octanol–water partition coefficient (Wildman–Crippen LogP) is 3.33. The molecule has 0 spiro atoms. The topological polar surface area (TPSA) is 64.7 Å². The molecule has 0 saturated heterocycles. The van der Waals surface area contributed by atoms with E-state index < -0.39 is 0 Å². The number of amidine groups is 1. The fraction of sp³-hybridized carbons (Fsp3) is 0.412. The quantitative estimate of drug-likeness (QED) is 0.515. The number of methoxy groups -OCH3 is 1. The predicted molar refractivity (Wildman–Crippen MR) is 86.0 cm³/mol. The minimum absolute atomic E-state index is 0.102. The van der Waals surface area contributed by atoms with Gasteiger partial charge in [-0.3, -0.25) is 4.79 Å². The summed E-state index contributed by atoms with van der Waals surface area (Å²) in [5.41, 5.74) is 8.75. The Balaban J connectivity index is 3.19. The number of ether oxygens (including phenoxy) is 1. The lowest BCUT2D eigenvalue weighted by atomic mass is 10.0. The van der Waals surface area contributed by atoms with Gasteiger partial charge in [-0.1, -0.05) is 13.8 Å². The standard InChI is InChI=1S/C17H23FN2O2/c1-10(2)16(12(4)9-15(21)22-5)20-17(19)13-6-7-14(18)11(3)8-13/h6-8,10H,9H2,1-5H3,(H2,19,20)/b16-12+. The average molecular weight is 306 g/mol. The maximum Gasteiger partial charge on any atom is 0.309 e. The number of aliphatic imine (C=N–C) groups is 1. The number of aryl methyl sites for hydroxylation is 1. The second-order valence-electron chi connectivity index (χ2n) is 5.53. The molecule has 0 amide bonds. The fourth-order valence-corrected chi connectivity index (χ4v) is 2.09. The van der Waals surface area contributed by atoms with Crippen LogP contribution in [-0.4, -0.2) is 18.9 Å². The van der Waals surface area contributed by atoms with E-state index in [1.54, 1.807) is 19.1 Å². The summed E-state index contributed by atoms with van der Waals surface area (Å²) in [6.07, 6.45) is 0.170. The molecule has 0 atom stereocenters. The van der Waals surface area contributed by atoms with Gasteiger partial charge in [0.25, 0.3) is 0 Å². The van der Waals surface area contributed by atoms with Crippen LogP contribution in [0.3, 0.4) is 0 Å². The molecule has 0 aromatic heterocycles. The molecule has 0 heterocycles. The van der Waals surface area contributed by atoms with Crippen LogP contribution in [0.5, 0.6) is 0 Å². The van der Waals surface area contributed by atoms with Crippen molar-refractivity contribution >= 4 is 11.8 Å². The zero-order chi connectivity index (χ0) is 16.9. The Bertz CT molecular complexity index is 619. The summed E-state index contributed by atoms with van der Waals surface area (Å²) in [5, 5.41) is 0. The summed E-state index contributed by atoms with van der Waals surface area (Å²) in [6.45, 7) is 7.46. The van der Waals surface area contributed by atoms with Gasteiger partial charge in [0.2, 0.25) is 0 Å². The molecule has 5 heteroatoms. The van der Waals surface area contributed by atoms with Crippen molar-refractivity contribution in [1.29, 1.82) is 0 Å². The first-order valence-electron chi connectivity index (χ1n) is 7.13. The lowest BCUT2D eigenvalue weighted by molar-refractivity contribution is -0.139. The van der Waals surface area contributed by atoms with Crippen LogP contribution in [-0.2, 0) is 9.53 Å². The van der Waals surface area contributed by atoms with Gasteiger partial charge < -0.3 is 10.5 Å². The molecule has 0 aliphatic carbocycles. The monoisotopic (exact) mass is 306 g/mol. The molecule has 120 valence electrons. The van der Waals surface area contributed by atoms with Gasteiger partial charge in [0.15, 0.2) is 0 Å². The SMILES string of the molecule is COC(=O)C/C(C)=C(/N=C(N)c1ccc(F)c(C)c1)C(C)C. The molecule has 1 rings (SSSR count).